The van der Waals surface area contributed by atoms with Gasteiger partial charge in [0.25, 0.3) is 0 Å². The standard InChI is InChI=1S/C16H23N5/c1-11(17)12-5-4-8-21(9-12)10-15-19-14-7-3-2-6-13(14)16(18)20-15/h2-3,6-7,11-12H,4-5,8-10,17H2,1H3,(H2,18,19,20). The van der Waals surface area contributed by atoms with Crippen LogP contribution in [0.3, 0.4) is 0 Å². The Kier molecular flexibility index (Phi) is 4.03. The number of anilines is 1. The summed E-state index contributed by atoms with van der Waals surface area (Å²) in [4.78, 5) is 11.5. The summed E-state index contributed by atoms with van der Waals surface area (Å²) in [6.07, 6.45) is 2.41. The highest BCUT2D eigenvalue weighted by Gasteiger charge is 2.23. The van der Waals surface area contributed by atoms with Crippen molar-refractivity contribution in [2.24, 2.45) is 11.7 Å². The highest BCUT2D eigenvalue weighted by Crippen LogP contribution is 2.21. The molecule has 1 aromatic heterocycles. The topological polar surface area (TPSA) is 81.1 Å². The smallest absolute Gasteiger partial charge is 0.145 e. The molecule has 5 nitrogen and oxygen atoms in total. The Morgan fingerprint density at radius 3 is 2.95 bits per heavy atom. The number of hydrogen-bond acceptors (Lipinski definition) is 5. The normalized spacial score (nSPS) is 21.5. The number of nitrogens with two attached hydrogens (primary N) is 2. The average molecular weight is 285 g/mol. The van der Waals surface area contributed by atoms with E-state index in [9.17, 15) is 0 Å². The second-order valence-electron chi connectivity index (χ2n) is 6.04. The Bertz CT molecular complexity index is 625. The minimum absolute atomic E-state index is 0.246. The van der Waals surface area contributed by atoms with Gasteiger partial charge in [0, 0.05) is 18.0 Å². The predicted molar refractivity (Wildman–Crippen MR) is 85.6 cm³/mol. The first-order valence-corrected chi connectivity index (χ1v) is 7.62. The van der Waals surface area contributed by atoms with Crippen LogP contribution in [0.1, 0.15) is 25.6 Å². The molecule has 0 saturated carbocycles. The second kappa shape index (κ2) is 5.95. The number of aromatic nitrogens is 2. The van der Waals surface area contributed by atoms with E-state index in [-0.39, 0.29) is 6.04 Å². The lowest BCUT2D eigenvalue weighted by Crippen LogP contribution is -2.42. The summed E-state index contributed by atoms with van der Waals surface area (Å²) in [5.74, 6) is 1.93. The van der Waals surface area contributed by atoms with E-state index in [1.807, 2.05) is 24.3 Å². The second-order valence-corrected chi connectivity index (χ2v) is 6.04. The Labute approximate surface area is 125 Å². The van der Waals surface area contributed by atoms with Crippen LogP contribution < -0.4 is 11.5 Å². The zero-order chi connectivity index (χ0) is 14.8. The van der Waals surface area contributed by atoms with Crippen molar-refractivity contribution in [1.82, 2.24) is 14.9 Å². The first kappa shape index (κ1) is 14.2. The number of likely N-dealkylation sites (tertiary alicyclic amines) is 1. The fraction of sp³-hybridized carbons (Fsp3) is 0.500. The van der Waals surface area contributed by atoms with Gasteiger partial charge in [0.2, 0.25) is 0 Å². The van der Waals surface area contributed by atoms with Crippen LogP contribution >= 0.6 is 0 Å². The molecular weight excluding hydrogens is 262 g/mol. The number of benzene rings is 1. The van der Waals surface area contributed by atoms with Crippen LogP contribution in [0, 0.1) is 5.92 Å². The molecule has 3 rings (SSSR count). The Hall–Kier alpha value is -1.72. The van der Waals surface area contributed by atoms with Crippen molar-refractivity contribution in [2.45, 2.75) is 32.4 Å². The van der Waals surface area contributed by atoms with Gasteiger partial charge in [-0.2, -0.15) is 0 Å². The number of nitrogens with zero attached hydrogens (tertiary/aromatic N) is 3. The molecule has 1 saturated heterocycles. The third-order valence-corrected chi connectivity index (χ3v) is 4.33. The molecule has 1 aliphatic heterocycles. The Morgan fingerprint density at radius 1 is 1.33 bits per heavy atom. The molecule has 4 N–H and O–H groups in total. The minimum atomic E-state index is 0.246. The van der Waals surface area contributed by atoms with E-state index >= 15 is 0 Å². The van der Waals surface area contributed by atoms with Crippen molar-refractivity contribution < 1.29 is 0 Å². The van der Waals surface area contributed by atoms with Crippen molar-refractivity contribution in [3.63, 3.8) is 0 Å². The Balaban J connectivity index is 1.78. The van der Waals surface area contributed by atoms with Crippen LogP contribution in [0.15, 0.2) is 24.3 Å². The van der Waals surface area contributed by atoms with Crippen molar-refractivity contribution in [2.75, 3.05) is 18.8 Å². The molecule has 0 bridgehead atoms. The fourth-order valence-electron chi connectivity index (χ4n) is 3.09. The zero-order valence-corrected chi connectivity index (χ0v) is 12.5. The lowest BCUT2D eigenvalue weighted by atomic mass is 9.92. The monoisotopic (exact) mass is 285 g/mol. The van der Waals surface area contributed by atoms with Crippen LogP contribution in [-0.4, -0.2) is 34.0 Å². The lowest BCUT2D eigenvalue weighted by Gasteiger charge is -2.34. The van der Waals surface area contributed by atoms with Gasteiger partial charge in [0.1, 0.15) is 11.6 Å². The molecule has 2 heterocycles. The van der Waals surface area contributed by atoms with Crippen molar-refractivity contribution in [3.05, 3.63) is 30.1 Å². The summed E-state index contributed by atoms with van der Waals surface area (Å²) in [5.41, 5.74) is 13.0. The third-order valence-electron chi connectivity index (χ3n) is 4.33. The maximum absolute atomic E-state index is 6.05. The predicted octanol–water partition coefficient (Wildman–Crippen LogP) is 1.77. The fourth-order valence-corrected chi connectivity index (χ4v) is 3.09. The van der Waals surface area contributed by atoms with Crippen LogP contribution in [0.2, 0.25) is 0 Å². The van der Waals surface area contributed by atoms with Crippen LogP contribution in [0.25, 0.3) is 10.9 Å². The summed E-state index contributed by atoms with van der Waals surface area (Å²) in [6, 6.07) is 8.13. The molecule has 0 spiro atoms. The number of rotatable bonds is 3. The largest absolute Gasteiger partial charge is 0.383 e. The van der Waals surface area contributed by atoms with Crippen LogP contribution in [0.5, 0.6) is 0 Å². The van der Waals surface area contributed by atoms with E-state index in [0.29, 0.717) is 11.7 Å². The van der Waals surface area contributed by atoms with Crippen molar-refractivity contribution in [1.29, 1.82) is 0 Å². The van der Waals surface area contributed by atoms with E-state index in [0.717, 1.165) is 36.4 Å². The van der Waals surface area contributed by atoms with E-state index in [1.165, 1.54) is 12.8 Å². The molecule has 112 valence electrons. The molecule has 5 heteroatoms. The number of piperidine rings is 1. The molecule has 2 atom stereocenters. The molecule has 0 aliphatic carbocycles. The van der Waals surface area contributed by atoms with E-state index in [2.05, 4.69) is 21.8 Å². The first-order chi connectivity index (χ1) is 10.1. The van der Waals surface area contributed by atoms with Gasteiger partial charge < -0.3 is 11.5 Å². The molecule has 2 unspecified atom stereocenters. The first-order valence-electron chi connectivity index (χ1n) is 7.62. The third kappa shape index (κ3) is 3.14. The number of para-hydroxylation sites is 1. The molecule has 1 aliphatic rings. The van der Waals surface area contributed by atoms with E-state index in [4.69, 9.17) is 11.5 Å². The number of fused-ring (bicyclic) bond motifs is 1. The van der Waals surface area contributed by atoms with Gasteiger partial charge >= 0.3 is 0 Å². The summed E-state index contributed by atoms with van der Waals surface area (Å²) in [5, 5.41) is 0.924. The molecule has 1 aromatic carbocycles. The summed E-state index contributed by atoms with van der Waals surface area (Å²) < 4.78 is 0. The van der Waals surface area contributed by atoms with E-state index < -0.39 is 0 Å². The average Bonchev–Trinajstić information content (AvgIpc) is 2.47. The molecule has 2 aromatic rings. The summed E-state index contributed by atoms with van der Waals surface area (Å²) >= 11 is 0. The molecule has 21 heavy (non-hydrogen) atoms. The van der Waals surface area contributed by atoms with Crippen molar-refractivity contribution in [3.8, 4) is 0 Å². The van der Waals surface area contributed by atoms with Gasteiger partial charge in [-0.1, -0.05) is 12.1 Å². The highest BCUT2D eigenvalue weighted by molar-refractivity contribution is 5.87. The number of hydrogen-bond donors (Lipinski definition) is 2. The lowest BCUT2D eigenvalue weighted by molar-refractivity contribution is 0.151. The van der Waals surface area contributed by atoms with Gasteiger partial charge in [-0.25, -0.2) is 9.97 Å². The van der Waals surface area contributed by atoms with Gasteiger partial charge in [0.15, 0.2) is 0 Å². The zero-order valence-electron chi connectivity index (χ0n) is 12.5. The van der Waals surface area contributed by atoms with Gasteiger partial charge in [-0.15, -0.1) is 0 Å². The quantitative estimate of drug-likeness (QED) is 0.898. The number of nitrogen functional groups attached to an aromatic ring is 1. The van der Waals surface area contributed by atoms with E-state index in [1.54, 1.807) is 0 Å². The molecular formula is C16H23N5. The molecule has 0 amide bonds. The highest BCUT2D eigenvalue weighted by atomic mass is 15.2. The van der Waals surface area contributed by atoms with Crippen molar-refractivity contribution >= 4 is 16.7 Å². The summed E-state index contributed by atoms with van der Waals surface area (Å²) in [6.45, 7) is 4.95. The maximum Gasteiger partial charge on any atom is 0.145 e. The Morgan fingerprint density at radius 2 is 2.14 bits per heavy atom. The van der Waals surface area contributed by atoms with Gasteiger partial charge in [-0.3, -0.25) is 4.90 Å². The molecule has 0 radical (unpaired) electrons. The van der Waals surface area contributed by atoms with Crippen LogP contribution in [0.4, 0.5) is 5.82 Å². The molecule has 1 fully saturated rings. The van der Waals surface area contributed by atoms with Gasteiger partial charge in [0.05, 0.1) is 12.1 Å². The summed E-state index contributed by atoms with van der Waals surface area (Å²) in [7, 11) is 0. The van der Waals surface area contributed by atoms with Gasteiger partial charge in [-0.05, 0) is 44.4 Å². The SMILES string of the molecule is CC(N)C1CCCN(Cc2nc(N)c3ccccc3n2)C1. The minimum Gasteiger partial charge on any atom is -0.383 e. The maximum atomic E-state index is 6.05. The van der Waals surface area contributed by atoms with Crippen LogP contribution in [-0.2, 0) is 6.54 Å².